The maximum absolute atomic E-state index is 6.53. The predicted molar refractivity (Wildman–Crippen MR) is 87.3 cm³/mol. The van der Waals surface area contributed by atoms with E-state index in [2.05, 4.69) is 42.6 Å². The zero-order chi connectivity index (χ0) is 14.5. The Bertz CT molecular complexity index is 415. The van der Waals surface area contributed by atoms with E-state index >= 15 is 0 Å². The molecule has 21 heavy (non-hydrogen) atoms. The van der Waals surface area contributed by atoms with Crippen molar-refractivity contribution in [2.75, 3.05) is 6.54 Å². The van der Waals surface area contributed by atoms with E-state index in [1.165, 1.54) is 50.5 Å². The highest BCUT2D eigenvalue weighted by Crippen LogP contribution is 2.32. The molecular weight excluding hydrogens is 258 g/mol. The zero-order valence-electron chi connectivity index (χ0n) is 13.3. The number of benzene rings is 1. The Hall–Kier alpha value is -0.860. The molecule has 3 atom stereocenters. The van der Waals surface area contributed by atoms with E-state index in [4.69, 9.17) is 4.74 Å². The summed E-state index contributed by atoms with van der Waals surface area (Å²) in [5.74, 6) is 0.872. The lowest BCUT2D eigenvalue weighted by Gasteiger charge is -2.32. The molecule has 2 aliphatic carbocycles. The van der Waals surface area contributed by atoms with E-state index in [9.17, 15) is 0 Å². The number of ether oxygens (including phenoxy) is 1. The zero-order valence-corrected chi connectivity index (χ0v) is 13.3. The van der Waals surface area contributed by atoms with Gasteiger partial charge in [0.1, 0.15) is 0 Å². The first-order valence-electron chi connectivity index (χ1n) is 8.79. The van der Waals surface area contributed by atoms with Gasteiger partial charge in [0, 0.05) is 12.6 Å². The smallest absolute Gasteiger partial charge is 0.0953 e. The molecule has 0 spiro atoms. The van der Waals surface area contributed by atoms with Crippen LogP contribution in [0.3, 0.4) is 0 Å². The van der Waals surface area contributed by atoms with E-state index in [0.29, 0.717) is 6.10 Å². The third-order valence-electron chi connectivity index (χ3n) is 5.01. The molecule has 116 valence electrons. The van der Waals surface area contributed by atoms with Gasteiger partial charge in [0.25, 0.3) is 0 Å². The molecule has 1 aromatic carbocycles. The standard InChI is InChI=1S/C19H29NO/c1-2-15-7-6-10-18(13-15)21-19(14-20-17-11-12-17)16-8-4-3-5-9-16/h3-5,8-9,15,17-20H,2,6-7,10-14H2,1H3. The van der Waals surface area contributed by atoms with Crippen molar-refractivity contribution in [2.24, 2.45) is 5.92 Å². The Kier molecular flexibility index (Phi) is 5.32. The minimum atomic E-state index is 0.215. The second-order valence-electron chi connectivity index (χ2n) is 6.78. The second-order valence-corrected chi connectivity index (χ2v) is 6.78. The highest BCUT2D eigenvalue weighted by Gasteiger charge is 2.27. The third kappa shape index (κ3) is 4.55. The van der Waals surface area contributed by atoms with Crippen LogP contribution in [-0.4, -0.2) is 18.7 Å². The average molecular weight is 287 g/mol. The molecule has 0 radical (unpaired) electrons. The fourth-order valence-corrected chi connectivity index (χ4v) is 3.44. The lowest BCUT2D eigenvalue weighted by atomic mass is 9.85. The highest BCUT2D eigenvalue weighted by atomic mass is 16.5. The van der Waals surface area contributed by atoms with E-state index in [1.54, 1.807) is 0 Å². The summed E-state index contributed by atoms with van der Waals surface area (Å²) in [4.78, 5) is 0. The van der Waals surface area contributed by atoms with Crippen molar-refractivity contribution in [3.05, 3.63) is 35.9 Å². The molecule has 1 N–H and O–H groups in total. The van der Waals surface area contributed by atoms with Gasteiger partial charge in [0.15, 0.2) is 0 Å². The van der Waals surface area contributed by atoms with Crippen LogP contribution >= 0.6 is 0 Å². The molecule has 0 aliphatic heterocycles. The molecule has 3 unspecified atom stereocenters. The van der Waals surface area contributed by atoms with Gasteiger partial charge in [-0.05, 0) is 37.2 Å². The summed E-state index contributed by atoms with van der Waals surface area (Å²) in [6.45, 7) is 3.28. The molecule has 0 aromatic heterocycles. The number of hydrogen-bond acceptors (Lipinski definition) is 2. The lowest BCUT2D eigenvalue weighted by molar-refractivity contribution is -0.0416. The first kappa shape index (κ1) is 15.1. The number of hydrogen-bond donors (Lipinski definition) is 1. The van der Waals surface area contributed by atoms with Crippen LogP contribution in [0.25, 0.3) is 0 Å². The van der Waals surface area contributed by atoms with E-state index in [1.807, 2.05) is 0 Å². The van der Waals surface area contributed by atoms with Crippen molar-refractivity contribution in [3.63, 3.8) is 0 Å². The topological polar surface area (TPSA) is 21.3 Å². The van der Waals surface area contributed by atoms with Crippen molar-refractivity contribution in [3.8, 4) is 0 Å². The van der Waals surface area contributed by atoms with Crippen LogP contribution < -0.4 is 5.32 Å². The molecule has 1 aromatic rings. The Morgan fingerprint density at radius 3 is 2.67 bits per heavy atom. The van der Waals surface area contributed by atoms with Gasteiger partial charge in [-0.3, -0.25) is 0 Å². The second kappa shape index (κ2) is 7.42. The molecule has 0 heterocycles. The summed E-state index contributed by atoms with van der Waals surface area (Å²) in [7, 11) is 0. The van der Waals surface area contributed by atoms with Crippen molar-refractivity contribution < 1.29 is 4.74 Å². The molecule has 2 fully saturated rings. The van der Waals surface area contributed by atoms with Crippen molar-refractivity contribution in [1.29, 1.82) is 0 Å². The average Bonchev–Trinajstić information content (AvgIpc) is 3.37. The number of rotatable bonds is 7. The molecule has 2 aliphatic rings. The Balaban J connectivity index is 1.60. The van der Waals surface area contributed by atoms with Crippen LogP contribution in [-0.2, 0) is 4.74 Å². The third-order valence-corrected chi connectivity index (χ3v) is 5.01. The van der Waals surface area contributed by atoms with E-state index in [0.717, 1.165) is 18.5 Å². The quantitative estimate of drug-likeness (QED) is 0.799. The van der Waals surface area contributed by atoms with Crippen LogP contribution in [0.5, 0.6) is 0 Å². The summed E-state index contributed by atoms with van der Waals surface area (Å²) in [6.07, 6.45) is 9.87. The fourth-order valence-electron chi connectivity index (χ4n) is 3.44. The molecule has 3 rings (SSSR count). The van der Waals surface area contributed by atoms with Gasteiger partial charge in [-0.1, -0.05) is 56.5 Å². The van der Waals surface area contributed by atoms with Crippen molar-refractivity contribution >= 4 is 0 Å². The number of nitrogens with one attached hydrogen (secondary N) is 1. The summed E-state index contributed by atoms with van der Waals surface area (Å²) in [5.41, 5.74) is 1.32. The first-order valence-corrected chi connectivity index (χ1v) is 8.79. The highest BCUT2D eigenvalue weighted by molar-refractivity contribution is 5.18. The SMILES string of the molecule is CCC1CCCC(OC(CNC2CC2)c2ccccc2)C1. The van der Waals surface area contributed by atoms with Crippen LogP contribution in [0.4, 0.5) is 0 Å². The Morgan fingerprint density at radius 1 is 1.14 bits per heavy atom. The van der Waals surface area contributed by atoms with Crippen LogP contribution in [0.2, 0.25) is 0 Å². The molecular formula is C19H29NO. The van der Waals surface area contributed by atoms with Gasteiger partial charge in [0.2, 0.25) is 0 Å². The summed E-state index contributed by atoms with van der Waals surface area (Å²) in [6, 6.07) is 11.5. The normalized spacial score (nSPS) is 27.5. The molecule has 0 saturated heterocycles. The largest absolute Gasteiger partial charge is 0.369 e. The van der Waals surface area contributed by atoms with Crippen LogP contribution in [0.15, 0.2) is 30.3 Å². The Labute approximate surface area is 129 Å². The maximum atomic E-state index is 6.53. The molecule has 2 nitrogen and oxygen atoms in total. The summed E-state index contributed by atoms with van der Waals surface area (Å²) < 4.78 is 6.53. The van der Waals surface area contributed by atoms with Gasteiger partial charge < -0.3 is 10.1 Å². The van der Waals surface area contributed by atoms with Crippen LogP contribution in [0, 0.1) is 5.92 Å². The summed E-state index contributed by atoms with van der Waals surface area (Å²) in [5, 5.41) is 3.64. The molecule has 2 heteroatoms. The minimum absolute atomic E-state index is 0.215. The van der Waals surface area contributed by atoms with Gasteiger partial charge in [-0.25, -0.2) is 0 Å². The summed E-state index contributed by atoms with van der Waals surface area (Å²) >= 11 is 0. The monoisotopic (exact) mass is 287 g/mol. The minimum Gasteiger partial charge on any atom is -0.369 e. The van der Waals surface area contributed by atoms with Crippen molar-refractivity contribution in [2.45, 2.75) is 70.1 Å². The van der Waals surface area contributed by atoms with E-state index < -0.39 is 0 Å². The van der Waals surface area contributed by atoms with Gasteiger partial charge >= 0.3 is 0 Å². The molecule has 2 saturated carbocycles. The van der Waals surface area contributed by atoms with E-state index in [-0.39, 0.29) is 6.10 Å². The Morgan fingerprint density at radius 2 is 1.95 bits per heavy atom. The van der Waals surface area contributed by atoms with Crippen LogP contribution in [0.1, 0.15) is 63.5 Å². The lowest BCUT2D eigenvalue weighted by Crippen LogP contribution is -2.30. The van der Waals surface area contributed by atoms with Gasteiger partial charge in [-0.15, -0.1) is 0 Å². The fraction of sp³-hybridized carbons (Fsp3) is 0.684. The molecule has 0 bridgehead atoms. The van der Waals surface area contributed by atoms with Gasteiger partial charge in [-0.2, -0.15) is 0 Å². The maximum Gasteiger partial charge on any atom is 0.0953 e. The molecule has 0 amide bonds. The predicted octanol–water partition coefficient (Wildman–Crippen LogP) is 4.47. The van der Waals surface area contributed by atoms with Gasteiger partial charge in [0.05, 0.1) is 12.2 Å². The first-order chi connectivity index (χ1) is 10.3. The van der Waals surface area contributed by atoms with Crippen molar-refractivity contribution in [1.82, 2.24) is 5.32 Å².